The first kappa shape index (κ1) is 15.6. The van der Waals surface area contributed by atoms with Crippen molar-refractivity contribution in [2.24, 2.45) is 0 Å². The number of para-hydroxylation sites is 1. The number of rotatable bonds is 4. The van der Waals surface area contributed by atoms with Crippen LogP contribution < -0.4 is 5.32 Å². The topological polar surface area (TPSA) is 49.4 Å². The number of carbonyl (C=O) groups is 2. The van der Waals surface area contributed by atoms with Gasteiger partial charge in [-0.25, -0.2) is 0 Å². The highest BCUT2D eigenvalue weighted by molar-refractivity contribution is 6.33. The number of benzene rings is 2. The largest absolute Gasteiger partial charge is 0.338 e. The molecule has 118 valence electrons. The molecule has 2 aromatic carbocycles. The summed E-state index contributed by atoms with van der Waals surface area (Å²) in [6.07, 6.45) is 1.53. The molecule has 2 aromatic rings. The summed E-state index contributed by atoms with van der Waals surface area (Å²) < 4.78 is 0. The number of carbonyl (C=O) groups excluding carboxylic acids is 2. The van der Waals surface area contributed by atoms with Gasteiger partial charge in [-0.1, -0.05) is 35.9 Å². The zero-order valence-electron chi connectivity index (χ0n) is 12.6. The van der Waals surface area contributed by atoms with Crippen molar-refractivity contribution in [3.8, 4) is 0 Å². The van der Waals surface area contributed by atoms with E-state index in [2.05, 4.69) is 5.32 Å². The van der Waals surface area contributed by atoms with Crippen LogP contribution in [-0.4, -0.2) is 23.3 Å². The highest BCUT2D eigenvalue weighted by Gasteiger charge is 2.20. The van der Waals surface area contributed by atoms with Crippen LogP contribution in [0, 0.1) is 0 Å². The Morgan fingerprint density at radius 3 is 2.74 bits per heavy atom. The van der Waals surface area contributed by atoms with Gasteiger partial charge in [0.1, 0.15) is 0 Å². The second-order valence-electron chi connectivity index (χ2n) is 5.55. The normalized spacial score (nSPS) is 14.1. The molecule has 0 aliphatic carbocycles. The van der Waals surface area contributed by atoms with Gasteiger partial charge < -0.3 is 10.2 Å². The Labute approximate surface area is 140 Å². The highest BCUT2D eigenvalue weighted by Crippen LogP contribution is 2.21. The van der Waals surface area contributed by atoms with Crippen molar-refractivity contribution >= 4 is 29.1 Å². The van der Waals surface area contributed by atoms with Crippen molar-refractivity contribution in [1.29, 1.82) is 0 Å². The van der Waals surface area contributed by atoms with Gasteiger partial charge in [0.05, 0.1) is 10.7 Å². The molecule has 3 rings (SSSR count). The lowest BCUT2D eigenvalue weighted by molar-refractivity contribution is -0.128. The quantitative estimate of drug-likeness (QED) is 0.930. The van der Waals surface area contributed by atoms with Crippen LogP contribution in [0.2, 0.25) is 5.02 Å². The monoisotopic (exact) mass is 328 g/mol. The van der Waals surface area contributed by atoms with Gasteiger partial charge in [0.2, 0.25) is 5.91 Å². The molecule has 0 bridgehead atoms. The lowest BCUT2D eigenvalue weighted by Crippen LogP contribution is -2.24. The first-order valence-corrected chi connectivity index (χ1v) is 7.94. The Balaban J connectivity index is 1.72. The van der Waals surface area contributed by atoms with Gasteiger partial charge in [-0.3, -0.25) is 9.59 Å². The van der Waals surface area contributed by atoms with E-state index in [9.17, 15) is 9.59 Å². The molecule has 5 heteroatoms. The lowest BCUT2D eigenvalue weighted by atomic mass is 10.1. The van der Waals surface area contributed by atoms with E-state index in [4.69, 9.17) is 11.6 Å². The van der Waals surface area contributed by atoms with E-state index in [1.165, 1.54) is 0 Å². The molecule has 0 spiro atoms. The van der Waals surface area contributed by atoms with Crippen molar-refractivity contribution in [1.82, 2.24) is 4.90 Å². The molecule has 1 heterocycles. The average Bonchev–Trinajstić information content (AvgIpc) is 2.95. The summed E-state index contributed by atoms with van der Waals surface area (Å²) in [5.74, 6) is -0.0383. The predicted molar refractivity (Wildman–Crippen MR) is 90.5 cm³/mol. The molecule has 1 aliphatic rings. The maximum atomic E-state index is 12.4. The molecule has 0 saturated carbocycles. The van der Waals surface area contributed by atoms with Gasteiger partial charge >= 0.3 is 0 Å². The summed E-state index contributed by atoms with van der Waals surface area (Å²) in [6, 6.07) is 14.4. The van der Waals surface area contributed by atoms with Gasteiger partial charge in [0.25, 0.3) is 5.91 Å². The summed E-state index contributed by atoms with van der Waals surface area (Å²) in [7, 11) is 0. The average molecular weight is 329 g/mol. The molecule has 1 fully saturated rings. The number of nitrogens with zero attached hydrogens (tertiary/aromatic N) is 1. The zero-order chi connectivity index (χ0) is 16.2. The third-order valence-corrected chi connectivity index (χ3v) is 4.19. The van der Waals surface area contributed by atoms with Gasteiger partial charge in [-0.2, -0.15) is 0 Å². The number of hydrogen-bond acceptors (Lipinski definition) is 2. The smallest absolute Gasteiger partial charge is 0.255 e. The second-order valence-corrected chi connectivity index (χ2v) is 5.96. The number of likely N-dealkylation sites (tertiary alicyclic amines) is 1. The fourth-order valence-corrected chi connectivity index (χ4v) is 2.84. The maximum absolute atomic E-state index is 12.4. The Hall–Kier alpha value is -2.33. The van der Waals surface area contributed by atoms with E-state index in [-0.39, 0.29) is 11.8 Å². The molecular weight excluding hydrogens is 312 g/mol. The number of nitrogens with one attached hydrogen (secondary N) is 1. The molecule has 1 N–H and O–H groups in total. The van der Waals surface area contributed by atoms with Crippen LogP contribution in [-0.2, 0) is 11.3 Å². The van der Waals surface area contributed by atoms with Crippen molar-refractivity contribution in [3.05, 3.63) is 64.7 Å². The molecule has 1 aliphatic heterocycles. The molecule has 0 radical (unpaired) electrons. The minimum absolute atomic E-state index is 0.177. The third kappa shape index (κ3) is 3.71. The molecule has 4 nitrogen and oxygen atoms in total. The molecule has 0 atom stereocenters. The summed E-state index contributed by atoms with van der Waals surface area (Å²) in [4.78, 5) is 25.9. The van der Waals surface area contributed by atoms with Gasteiger partial charge in [-0.15, -0.1) is 0 Å². The Morgan fingerprint density at radius 1 is 1.17 bits per heavy atom. The number of halogens is 1. The van der Waals surface area contributed by atoms with Gasteiger partial charge in [-0.05, 0) is 36.2 Å². The SMILES string of the molecule is O=C(Nc1ccccc1Cl)c1cccc(CN2CCCC2=O)c1. The van der Waals surface area contributed by atoms with Crippen molar-refractivity contribution in [2.45, 2.75) is 19.4 Å². The van der Waals surface area contributed by atoms with Crippen LogP contribution in [0.25, 0.3) is 0 Å². The molecule has 1 saturated heterocycles. The predicted octanol–water partition coefficient (Wildman–Crippen LogP) is 3.71. The first-order chi connectivity index (χ1) is 11.1. The zero-order valence-corrected chi connectivity index (χ0v) is 13.3. The molecule has 2 amide bonds. The van der Waals surface area contributed by atoms with Crippen molar-refractivity contribution in [3.63, 3.8) is 0 Å². The van der Waals surface area contributed by atoms with Crippen molar-refractivity contribution < 1.29 is 9.59 Å². The first-order valence-electron chi connectivity index (χ1n) is 7.56. The van der Waals surface area contributed by atoms with Gasteiger partial charge in [0, 0.05) is 25.1 Å². The molecule has 0 unspecified atom stereocenters. The molecular formula is C18H17ClN2O2. The maximum Gasteiger partial charge on any atom is 0.255 e. The fraction of sp³-hybridized carbons (Fsp3) is 0.222. The van der Waals surface area contributed by atoms with E-state index in [1.54, 1.807) is 18.2 Å². The van der Waals surface area contributed by atoms with E-state index in [0.29, 0.717) is 29.2 Å². The Bertz CT molecular complexity index is 745. The van der Waals surface area contributed by atoms with E-state index < -0.39 is 0 Å². The fourth-order valence-electron chi connectivity index (χ4n) is 2.66. The standard InChI is InChI=1S/C18H17ClN2O2/c19-15-7-1-2-8-16(15)20-18(23)14-6-3-5-13(11-14)12-21-10-4-9-17(21)22/h1-3,5-8,11H,4,9-10,12H2,(H,20,23). The van der Waals surface area contributed by atoms with Crippen molar-refractivity contribution in [2.75, 3.05) is 11.9 Å². The minimum atomic E-state index is -0.215. The van der Waals surface area contributed by atoms with E-state index >= 15 is 0 Å². The lowest BCUT2D eigenvalue weighted by Gasteiger charge is -2.16. The second kappa shape index (κ2) is 6.84. The number of amides is 2. The van der Waals surface area contributed by atoms with Crippen LogP contribution in [0.4, 0.5) is 5.69 Å². The Kier molecular flexibility index (Phi) is 4.63. The highest BCUT2D eigenvalue weighted by atomic mass is 35.5. The van der Waals surface area contributed by atoms with Crippen LogP contribution in [0.1, 0.15) is 28.8 Å². The summed E-state index contributed by atoms with van der Waals surface area (Å²) in [6.45, 7) is 1.33. The summed E-state index contributed by atoms with van der Waals surface area (Å²) >= 11 is 6.06. The molecule has 23 heavy (non-hydrogen) atoms. The van der Waals surface area contributed by atoms with E-state index in [0.717, 1.165) is 18.5 Å². The van der Waals surface area contributed by atoms with Crippen LogP contribution in [0.15, 0.2) is 48.5 Å². The van der Waals surface area contributed by atoms with Crippen LogP contribution in [0.3, 0.4) is 0 Å². The van der Waals surface area contributed by atoms with E-state index in [1.807, 2.05) is 35.2 Å². The minimum Gasteiger partial charge on any atom is -0.338 e. The van der Waals surface area contributed by atoms with Gasteiger partial charge in [0.15, 0.2) is 0 Å². The van der Waals surface area contributed by atoms with Crippen LogP contribution >= 0.6 is 11.6 Å². The van der Waals surface area contributed by atoms with Crippen LogP contribution in [0.5, 0.6) is 0 Å². The third-order valence-electron chi connectivity index (χ3n) is 3.86. The molecule has 0 aromatic heterocycles. The Morgan fingerprint density at radius 2 is 2.00 bits per heavy atom. The number of hydrogen-bond donors (Lipinski definition) is 1. The summed E-state index contributed by atoms with van der Waals surface area (Å²) in [5, 5.41) is 3.30. The summed E-state index contributed by atoms with van der Waals surface area (Å²) in [5.41, 5.74) is 2.08. The number of anilines is 1.